The predicted molar refractivity (Wildman–Crippen MR) is 93.7 cm³/mol. The van der Waals surface area contributed by atoms with E-state index in [1.165, 1.54) is 6.07 Å². The van der Waals surface area contributed by atoms with E-state index in [0.29, 0.717) is 25.9 Å². The summed E-state index contributed by atoms with van der Waals surface area (Å²) in [6.07, 6.45) is -2.78. The van der Waals surface area contributed by atoms with Gasteiger partial charge in [0.2, 0.25) is 0 Å². The first-order valence-corrected chi connectivity index (χ1v) is 9.28. The molecular weight excluding hydrogens is 377 g/mol. The van der Waals surface area contributed by atoms with Crippen LogP contribution >= 0.6 is 0 Å². The zero-order chi connectivity index (χ0) is 20.5. The number of benzene rings is 1. The van der Waals surface area contributed by atoms with Crippen LogP contribution in [0.4, 0.5) is 13.2 Å². The average Bonchev–Trinajstić information content (AvgIpc) is 3.02. The number of alkyl halides is 3. The Labute approximate surface area is 160 Å². The molecule has 1 aromatic carbocycles. The number of amides is 1. The number of carbonyl (C=O) groups excluding carboxylic acids is 1. The second-order valence-electron chi connectivity index (χ2n) is 7.21. The SMILES string of the molecule is CCCN1CCC2(CC1)OCC(C(=O)O)N2C(=O)c1cccc(C(F)(F)F)c1. The highest BCUT2D eigenvalue weighted by atomic mass is 19.4. The fourth-order valence-electron chi connectivity index (χ4n) is 3.97. The maximum atomic E-state index is 13.1. The van der Waals surface area contributed by atoms with E-state index in [9.17, 15) is 27.9 Å². The second-order valence-corrected chi connectivity index (χ2v) is 7.21. The fraction of sp³-hybridized carbons (Fsp3) is 0.579. The number of hydrogen-bond acceptors (Lipinski definition) is 4. The van der Waals surface area contributed by atoms with Crippen LogP contribution in [0.3, 0.4) is 0 Å². The van der Waals surface area contributed by atoms with Crippen LogP contribution in [0, 0.1) is 0 Å². The second kappa shape index (κ2) is 7.71. The Kier molecular flexibility index (Phi) is 5.67. The largest absolute Gasteiger partial charge is 0.480 e. The summed E-state index contributed by atoms with van der Waals surface area (Å²) in [5, 5.41) is 9.55. The Bertz CT molecular complexity index is 745. The van der Waals surface area contributed by atoms with E-state index in [1.54, 1.807) is 0 Å². The minimum absolute atomic E-state index is 0.173. The third-order valence-corrected chi connectivity index (χ3v) is 5.38. The van der Waals surface area contributed by atoms with Gasteiger partial charge in [-0.3, -0.25) is 9.69 Å². The molecule has 0 radical (unpaired) electrons. The number of carbonyl (C=O) groups is 2. The summed E-state index contributed by atoms with van der Waals surface area (Å²) >= 11 is 0. The molecule has 1 unspecified atom stereocenters. The Morgan fingerprint density at radius 1 is 1.29 bits per heavy atom. The molecular formula is C19H23F3N2O4. The van der Waals surface area contributed by atoms with Crippen LogP contribution in [0.25, 0.3) is 0 Å². The highest BCUT2D eigenvalue weighted by Gasteiger charge is 2.54. The lowest BCUT2D eigenvalue weighted by Gasteiger charge is -2.44. The maximum Gasteiger partial charge on any atom is 0.416 e. The van der Waals surface area contributed by atoms with Crippen LogP contribution < -0.4 is 0 Å². The minimum Gasteiger partial charge on any atom is -0.480 e. The maximum absolute atomic E-state index is 13.1. The molecule has 0 aliphatic carbocycles. The highest BCUT2D eigenvalue weighted by Crippen LogP contribution is 2.39. The number of carboxylic acid groups (broad SMARTS) is 1. The van der Waals surface area contributed by atoms with Gasteiger partial charge in [0, 0.05) is 31.5 Å². The number of aliphatic carboxylic acids is 1. The van der Waals surface area contributed by atoms with E-state index in [1.807, 2.05) is 0 Å². The summed E-state index contributed by atoms with van der Waals surface area (Å²) in [6.45, 7) is 4.04. The van der Waals surface area contributed by atoms with Crippen molar-refractivity contribution in [2.75, 3.05) is 26.2 Å². The van der Waals surface area contributed by atoms with Crippen LogP contribution in [-0.4, -0.2) is 64.8 Å². The zero-order valence-corrected chi connectivity index (χ0v) is 15.5. The Hall–Kier alpha value is -2.13. The molecule has 2 aliphatic rings. The average molecular weight is 400 g/mol. The van der Waals surface area contributed by atoms with E-state index in [4.69, 9.17) is 4.74 Å². The molecule has 1 aromatic rings. The lowest BCUT2D eigenvalue weighted by Crippen LogP contribution is -2.58. The van der Waals surface area contributed by atoms with Crippen LogP contribution in [-0.2, 0) is 15.7 Å². The topological polar surface area (TPSA) is 70.1 Å². The summed E-state index contributed by atoms with van der Waals surface area (Å²) in [6, 6.07) is 2.85. The van der Waals surface area contributed by atoms with Crippen molar-refractivity contribution >= 4 is 11.9 Å². The third-order valence-electron chi connectivity index (χ3n) is 5.38. The molecule has 1 atom stereocenters. The molecule has 2 fully saturated rings. The van der Waals surface area contributed by atoms with Crippen LogP contribution in [0.2, 0.25) is 0 Å². The standard InChI is InChI=1S/C19H23F3N2O4/c1-2-8-23-9-6-18(7-10-23)24(15(12-28-18)17(26)27)16(25)13-4-3-5-14(11-13)19(20,21)22/h3-5,11,15H,2,6-10,12H2,1H3,(H,26,27). The molecule has 3 rings (SSSR count). The summed E-state index contributed by atoms with van der Waals surface area (Å²) in [7, 11) is 0. The van der Waals surface area contributed by atoms with Gasteiger partial charge < -0.3 is 14.7 Å². The Morgan fingerprint density at radius 3 is 2.54 bits per heavy atom. The quantitative estimate of drug-likeness (QED) is 0.842. The molecule has 2 heterocycles. The molecule has 6 nitrogen and oxygen atoms in total. The van der Waals surface area contributed by atoms with Crippen molar-refractivity contribution < 1.29 is 32.6 Å². The molecule has 1 amide bonds. The Balaban J connectivity index is 1.91. The zero-order valence-electron chi connectivity index (χ0n) is 15.5. The highest BCUT2D eigenvalue weighted by molar-refractivity contribution is 5.97. The smallest absolute Gasteiger partial charge is 0.416 e. The number of halogens is 3. The van der Waals surface area contributed by atoms with E-state index in [-0.39, 0.29) is 12.2 Å². The molecule has 2 saturated heterocycles. The van der Waals surface area contributed by atoms with Gasteiger partial charge in [-0.05, 0) is 31.2 Å². The molecule has 0 bridgehead atoms. The third kappa shape index (κ3) is 3.86. The van der Waals surface area contributed by atoms with Gasteiger partial charge in [0.25, 0.3) is 5.91 Å². The lowest BCUT2D eigenvalue weighted by molar-refractivity contribution is -0.144. The molecule has 0 saturated carbocycles. The van der Waals surface area contributed by atoms with Gasteiger partial charge in [-0.2, -0.15) is 13.2 Å². The molecule has 154 valence electrons. The summed E-state index contributed by atoms with van der Waals surface area (Å²) < 4.78 is 44.9. The summed E-state index contributed by atoms with van der Waals surface area (Å²) in [5.74, 6) is -1.98. The molecule has 1 N–H and O–H groups in total. The number of rotatable bonds is 4. The van der Waals surface area contributed by atoms with Crippen LogP contribution in [0.5, 0.6) is 0 Å². The normalized spacial score (nSPS) is 22.6. The molecule has 1 spiro atoms. The van der Waals surface area contributed by atoms with Crippen molar-refractivity contribution in [1.29, 1.82) is 0 Å². The number of hydrogen-bond donors (Lipinski definition) is 1. The van der Waals surface area contributed by atoms with Crippen LogP contribution in [0.15, 0.2) is 24.3 Å². The first-order valence-electron chi connectivity index (χ1n) is 9.28. The van der Waals surface area contributed by atoms with Crippen molar-refractivity contribution in [3.63, 3.8) is 0 Å². The predicted octanol–water partition coefficient (Wildman–Crippen LogP) is 2.83. The number of likely N-dealkylation sites (tertiary alicyclic amines) is 1. The van der Waals surface area contributed by atoms with Crippen molar-refractivity contribution in [3.8, 4) is 0 Å². The van der Waals surface area contributed by atoms with Gasteiger partial charge in [0.05, 0.1) is 12.2 Å². The monoisotopic (exact) mass is 400 g/mol. The summed E-state index contributed by atoms with van der Waals surface area (Å²) in [5.41, 5.74) is -2.24. The van der Waals surface area contributed by atoms with E-state index >= 15 is 0 Å². The van der Waals surface area contributed by atoms with Crippen molar-refractivity contribution in [1.82, 2.24) is 9.80 Å². The van der Waals surface area contributed by atoms with Gasteiger partial charge in [0.1, 0.15) is 5.72 Å². The van der Waals surface area contributed by atoms with E-state index < -0.39 is 35.4 Å². The van der Waals surface area contributed by atoms with Gasteiger partial charge in [0.15, 0.2) is 6.04 Å². The number of piperidine rings is 1. The van der Waals surface area contributed by atoms with Gasteiger partial charge in [-0.1, -0.05) is 13.0 Å². The summed E-state index contributed by atoms with van der Waals surface area (Å²) in [4.78, 5) is 28.2. The minimum atomic E-state index is -4.59. The lowest BCUT2D eigenvalue weighted by atomic mass is 9.96. The van der Waals surface area contributed by atoms with Gasteiger partial charge in [-0.15, -0.1) is 0 Å². The van der Waals surface area contributed by atoms with Gasteiger partial charge in [-0.25, -0.2) is 4.79 Å². The fourth-order valence-corrected chi connectivity index (χ4v) is 3.97. The van der Waals surface area contributed by atoms with Crippen molar-refractivity contribution in [2.45, 2.75) is 44.1 Å². The number of nitrogens with zero attached hydrogens (tertiary/aromatic N) is 2. The molecule has 28 heavy (non-hydrogen) atoms. The first kappa shape index (κ1) is 20.6. The Morgan fingerprint density at radius 2 is 1.96 bits per heavy atom. The van der Waals surface area contributed by atoms with Crippen LogP contribution in [0.1, 0.15) is 42.1 Å². The molecule has 0 aromatic heterocycles. The molecule has 9 heteroatoms. The van der Waals surface area contributed by atoms with Gasteiger partial charge >= 0.3 is 12.1 Å². The van der Waals surface area contributed by atoms with Crippen molar-refractivity contribution in [3.05, 3.63) is 35.4 Å². The first-order chi connectivity index (χ1) is 13.2. The van der Waals surface area contributed by atoms with Crippen molar-refractivity contribution in [2.24, 2.45) is 0 Å². The number of carboxylic acids is 1. The number of ether oxygens (including phenoxy) is 1. The molecule has 2 aliphatic heterocycles. The van der Waals surface area contributed by atoms with E-state index in [2.05, 4.69) is 11.8 Å². The van der Waals surface area contributed by atoms with E-state index in [0.717, 1.165) is 36.1 Å².